The van der Waals surface area contributed by atoms with Gasteiger partial charge in [0, 0.05) is 25.8 Å². The van der Waals surface area contributed by atoms with Crippen LogP contribution >= 0.6 is 0 Å². The van der Waals surface area contributed by atoms with Gasteiger partial charge in [-0.15, -0.1) is 0 Å². The summed E-state index contributed by atoms with van der Waals surface area (Å²) in [4.78, 5) is 17.2. The highest BCUT2D eigenvalue weighted by Crippen LogP contribution is 2.10. The van der Waals surface area contributed by atoms with Crippen molar-refractivity contribution in [1.29, 1.82) is 0 Å². The minimum absolute atomic E-state index is 0.00795. The Morgan fingerprint density at radius 3 is 2.68 bits per heavy atom. The van der Waals surface area contributed by atoms with Gasteiger partial charge in [0.1, 0.15) is 0 Å². The van der Waals surface area contributed by atoms with Crippen molar-refractivity contribution in [3.8, 4) is 0 Å². The molecule has 0 radical (unpaired) electrons. The molecule has 1 heterocycles. The van der Waals surface area contributed by atoms with Gasteiger partial charge >= 0.3 is 5.97 Å². The molecule has 1 N–H and O–H groups in total. The third kappa shape index (κ3) is 5.83. The van der Waals surface area contributed by atoms with E-state index < -0.39 is 5.97 Å². The Bertz CT molecular complexity index is 388. The van der Waals surface area contributed by atoms with E-state index in [0.717, 1.165) is 26.1 Å². The molecule has 1 atom stereocenters. The second kappa shape index (κ2) is 7.89. The third-order valence-corrected chi connectivity index (χ3v) is 3.10. The standard InChI is InChI=1S/C13H23N3O3/c1-4-16(5-2)7-6-11-14-12(19-15-11)8-10(3)9-13(17)18/h10H,4-9H2,1-3H3,(H,17,18). The molecule has 0 saturated heterocycles. The summed E-state index contributed by atoms with van der Waals surface area (Å²) in [6.45, 7) is 9.05. The van der Waals surface area contributed by atoms with Crippen molar-refractivity contribution < 1.29 is 14.4 Å². The molecule has 1 unspecified atom stereocenters. The van der Waals surface area contributed by atoms with Gasteiger partial charge in [-0.1, -0.05) is 25.9 Å². The van der Waals surface area contributed by atoms with E-state index in [1.165, 1.54) is 0 Å². The molecule has 0 aliphatic heterocycles. The average molecular weight is 269 g/mol. The summed E-state index contributed by atoms with van der Waals surface area (Å²) in [7, 11) is 0. The van der Waals surface area contributed by atoms with Crippen LogP contribution in [0.1, 0.15) is 38.9 Å². The van der Waals surface area contributed by atoms with Gasteiger partial charge in [0.2, 0.25) is 5.89 Å². The van der Waals surface area contributed by atoms with Gasteiger partial charge in [0.25, 0.3) is 0 Å². The molecule has 108 valence electrons. The van der Waals surface area contributed by atoms with Crippen LogP contribution in [0.25, 0.3) is 0 Å². The average Bonchev–Trinajstić information content (AvgIpc) is 2.77. The molecule has 1 aromatic rings. The summed E-state index contributed by atoms with van der Waals surface area (Å²) in [6, 6.07) is 0. The largest absolute Gasteiger partial charge is 0.481 e. The first kappa shape index (κ1) is 15.6. The van der Waals surface area contributed by atoms with E-state index in [1.807, 2.05) is 6.92 Å². The van der Waals surface area contributed by atoms with E-state index >= 15 is 0 Å². The van der Waals surface area contributed by atoms with Crippen molar-refractivity contribution in [2.45, 2.75) is 40.0 Å². The van der Waals surface area contributed by atoms with Gasteiger partial charge in [0.05, 0.1) is 0 Å². The van der Waals surface area contributed by atoms with Gasteiger partial charge in [0.15, 0.2) is 5.82 Å². The van der Waals surface area contributed by atoms with Crippen LogP contribution in [0, 0.1) is 5.92 Å². The minimum Gasteiger partial charge on any atom is -0.481 e. The molecule has 0 spiro atoms. The second-order valence-corrected chi connectivity index (χ2v) is 4.79. The molecule has 19 heavy (non-hydrogen) atoms. The molecule has 6 heteroatoms. The van der Waals surface area contributed by atoms with Crippen molar-refractivity contribution >= 4 is 5.97 Å². The van der Waals surface area contributed by atoms with Crippen molar-refractivity contribution in [2.24, 2.45) is 5.92 Å². The van der Waals surface area contributed by atoms with E-state index in [1.54, 1.807) is 0 Å². The van der Waals surface area contributed by atoms with Crippen LogP contribution in [-0.2, 0) is 17.6 Å². The quantitative estimate of drug-likeness (QED) is 0.733. The van der Waals surface area contributed by atoms with Crippen LogP contribution in [-0.4, -0.2) is 45.8 Å². The summed E-state index contributed by atoms with van der Waals surface area (Å²) in [5, 5.41) is 12.6. The number of hydrogen-bond acceptors (Lipinski definition) is 5. The third-order valence-electron chi connectivity index (χ3n) is 3.10. The summed E-state index contributed by atoms with van der Waals surface area (Å²) >= 11 is 0. The number of aliphatic carboxylic acids is 1. The number of aromatic nitrogens is 2. The van der Waals surface area contributed by atoms with Gasteiger partial charge < -0.3 is 14.5 Å². The molecular weight excluding hydrogens is 246 g/mol. The van der Waals surface area contributed by atoms with Crippen molar-refractivity contribution in [3.63, 3.8) is 0 Å². The molecule has 1 rings (SSSR count). The first-order chi connectivity index (χ1) is 9.05. The highest BCUT2D eigenvalue weighted by atomic mass is 16.5. The first-order valence-electron chi connectivity index (χ1n) is 6.80. The monoisotopic (exact) mass is 269 g/mol. The fraction of sp³-hybridized carbons (Fsp3) is 0.769. The number of carboxylic acids is 1. The van der Waals surface area contributed by atoms with Crippen LogP contribution in [0.2, 0.25) is 0 Å². The number of carbonyl (C=O) groups is 1. The lowest BCUT2D eigenvalue weighted by Gasteiger charge is -2.16. The number of nitrogens with zero attached hydrogens (tertiary/aromatic N) is 3. The van der Waals surface area contributed by atoms with E-state index in [-0.39, 0.29) is 12.3 Å². The van der Waals surface area contributed by atoms with Crippen LogP contribution in [0.4, 0.5) is 0 Å². The summed E-state index contributed by atoms with van der Waals surface area (Å²) in [5.74, 6) is 0.440. The second-order valence-electron chi connectivity index (χ2n) is 4.79. The SMILES string of the molecule is CCN(CC)CCc1noc(CC(C)CC(=O)O)n1. The zero-order valence-corrected chi connectivity index (χ0v) is 11.9. The lowest BCUT2D eigenvalue weighted by atomic mass is 10.0. The number of rotatable bonds is 9. The van der Waals surface area contributed by atoms with Crippen LogP contribution in [0.5, 0.6) is 0 Å². The molecule has 0 amide bonds. The van der Waals surface area contributed by atoms with Gasteiger partial charge in [-0.2, -0.15) is 4.98 Å². The Morgan fingerprint density at radius 2 is 2.11 bits per heavy atom. The summed E-state index contributed by atoms with van der Waals surface area (Å²) < 4.78 is 5.14. The molecule has 0 aliphatic rings. The molecule has 1 aromatic heterocycles. The molecule has 6 nitrogen and oxygen atoms in total. The topological polar surface area (TPSA) is 79.5 Å². The van der Waals surface area contributed by atoms with Crippen molar-refractivity contribution in [3.05, 3.63) is 11.7 Å². The Morgan fingerprint density at radius 1 is 1.42 bits per heavy atom. The minimum atomic E-state index is -0.797. The Labute approximate surface area is 113 Å². The molecular formula is C13H23N3O3. The molecule has 0 aliphatic carbocycles. The number of carboxylic acid groups (broad SMARTS) is 1. The summed E-state index contributed by atoms with van der Waals surface area (Å²) in [5.41, 5.74) is 0. The highest BCUT2D eigenvalue weighted by molar-refractivity contribution is 5.66. The van der Waals surface area contributed by atoms with Crippen molar-refractivity contribution in [1.82, 2.24) is 15.0 Å². The Kier molecular flexibility index (Phi) is 6.49. The fourth-order valence-electron chi connectivity index (χ4n) is 1.94. The van der Waals surface area contributed by atoms with Crippen LogP contribution in [0.3, 0.4) is 0 Å². The fourth-order valence-corrected chi connectivity index (χ4v) is 1.94. The van der Waals surface area contributed by atoms with Gasteiger partial charge in [-0.3, -0.25) is 4.79 Å². The zero-order chi connectivity index (χ0) is 14.3. The first-order valence-corrected chi connectivity index (χ1v) is 6.80. The molecule has 0 saturated carbocycles. The lowest BCUT2D eigenvalue weighted by Crippen LogP contribution is -2.25. The van der Waals surface area contributed by atoms with Gasteiger partial charge in [-0.05, 0) is 19.0 Å². The van der Waals surface area contributed by atoms with Gasteiger partial charge in [-0.25, -0.2) is 0 Å². The Balaban J connectivity index is 2.41. The van der Waals surface area contributed by atoms with E-state index in [2.05, 4.69) is 28.9 Å². The predicted octanol–water partition coefficient (Wildman–Crippen LogP) is 1.61. The van der Waals surface area contributed by atoms with E-state index in [0.29, 0.717) is 18.1 Å². The van der Waals surface area contributed by atoms with Crippen LogP contribution < -0.4 is 0 Å². The van der Waals surface area contributed by atoms with E-state index in [9.17, 15) is 4.79 Å². The predicted molar refractivity (Wildman–Crippen MR) is 70.9 cm³/mol. The maximum absolute atomic E-state index is 10.6. The highest BCUT2D eigenvalue weighted by Gasteiger charge is 2.14. The lowest BCUT2D eigenvalue weighted by molar-refractivity contribution is -0.137. The smallest absolute Gasteiger partial charge is 0.303 e. The summed E-state index contributed by atoms with van der Waals surface area (Å²) in [6.07, 6.45) is 1.40. The Hall–Kier alpha value is -1.43. The maximum atomic E-state index is 10.6. The molecule has 0 bridgehead atoms. The maximum Gasteiger partial charge on any atom is 0.303 e. The van der Waals surface area contributed by atoms with Crippen LogP contribution in [0.15, 0.2) is 4.52 Å². The van der Waals surface area contributed by atoms with Crippen molar-refractivity contribution in [2.75, 3.05) is 19.6 Å². The zero-order valence-electron chi connectivity index (χ0n) is 11.9. The molecule has 0 fully saturated rings. The normalized spacial score (nSPS) is 12.8. The number of hydrogen-bond donors (Lipinski definition) is 1. The van der Waals surface area contributed by atoms with E-state index in [4.69, 9.17) is 9.63 Å². The number of likely N-dealkylation sites (N-methyl/N-ethyl adjacent to an activating group) is 1. The molecule has 0 aromatic carbocycles.